The van der Waals surface area contributed by atoms with E-state index in [4.69, 9.17) is 9.47 Å². The molecule has 0 radical (unpaired) electrons. The van der Waals surface area contributed by atoms with Crippen molar-refractivity contribution >= 4 is 11.9 Å². The molecule has 1 aromatic heterocycles. The first-order chi connectivity index (χ1) is 9.48. The topological polar surface area (TPSA) is 77.5 Å². The Labute approximate surface area is 118 Å². The maximum absolute atomic E-state index is 12.3. The normalized spacial score (nSPS) is 13.2. The monoisotopic (exact) mass is 280 g/mol. The van der Waals surface area contributed by atoms with Crippen molar-refractivity contribution < 1.29 is 19.1 Å². The Morgan fingerprint density at radius 3 is 2.65 bits per heavy atom. The molecule has 0 bridgehead atoms. The molecule has 0 spiro atoms. The number of nitrogens with zero attached hydrogens (tertiary/aromatic N) is 1. The van der Waals surface area contributed by atoms with Crippen LogP contribution in [-0.2, 0) is 9.53 Å². The number of esters is 1. The third kappa shape index (κ3) is 3.46. The molecule has 0 fully saturated rings. The second-order valence-corrected chi connectivity index (χ2v) is 4.60. The lowest BCUT2D eigenvalue weighted by Gasteiger charge is -2.27. The van der Waals surface area contributed by atoms with E-state index in [1.807, 2.05) is 6.92 Å². The Balaban J connectivity index is 2.99. The van der Waals surface area contributed by atoms with Crippen molar-refractivity contribution in [3.8, 4) is 5.75 Å². The van der Waals surface area contributed by atoms with Gasteiger partial charge in [0.2, 0.25) is 0 Å². The van der Waals surface area contributed by atoms with Crippen LogP contribution in [0, 0.1) is 0 Å². The first-order valence-corrected chi connectivity index (χ1v) is 6.37. The Kier molecular flexibility index (Phi) is 5.49. The first-order valence-electron chi connectivity index (χ1n) is 6.37. The van der Waals surface area contributed by atoms with E-state index in [0.29, 0.717) is 17.7 Å². The highest BCUT2D eigenvalue weighted by atomic mass is 16.5. The van der Waals surface area contributed by atoms with E-state index in [1.165, 1.54) is 32.7 Å². The van der Waals surface area contributed by atoms with E-state index in [9.17, 15) is 9.59 Å². The molecule has 0 saturated carbocycles. The molecule has 1 aromatic rings. The van der Waals surface area contributed by atoms with E-state index in [2.05, 4.69) is 10.3 Å². The summed E-state index contributed by atoms with van der Waals surface area (Å²) in [6, 6.07) is 1.54. The zero-order valence-corrected chi connectivity index (χ0v) is 12.2. The number of methoxy groups -OCH3 is 2. The number of amides is 1. The van der Waals surface area contributed by atoms with Gasteiger partial charge in [0.25, 0.3) is 5.91 Å². The molecule has 20 heavy (non-hydrogen) atoms. The molecule has 1 amide bonds. The van der Waals surface area contributed by atoms with Gasteiger partial charge in [0, 0.05) is 6.20 Å². The van der Waals surface area contributed by atoms with Crippen molar-refractivity contribution in [1.29, 1.82) is 0 Å². The summed E-state index contributed by atoms with van der Waals surface area (Å²) >= 11 is 0. The van der Waals surface area contributed by atoms with Gasteiger partial charge in [-0.15, -0.1) is 0 Å². The third-order valence-corrected chi connectivity index (χ3v) is 3.02. The van der Waals surface area contributed by atoms with Crippen molar-refractivity contribution in [3.63, 3.8) is 0 Å². The molecule has 110 valence electrons. The highest BCUT2D eigenvalue weighted by Gasteiger charge is 2.35. The minimum absolute atomic E-state index is 0.328. The van der Waals surface area contributed by atoms with Crippen LogP contribution in [0.4, 0.5) is 0 Å². The van der Waals surface area contributed by atoms with Crippen LogP contribution in [0.15, 0.2) is 18.5 Å². The summed E-state index contributed by atoms with van der Waals surface area (Å²) in [7, 11) is 2.76. The largest absolute Gasteiger partial charge is 0.494 e. The molecule has 1 N–H and O–H groups in total. The van der Waals surface area contributed by atoms with Crippen LogP contribution in [-0.4, -0.2) is 36.6 Å². The molecule has 0 saturated heterocycles. The standard InChI is InChI=1S/C14H20N2O4/c1-5-7-14(2,13(18)20-4)16-12(17)10-6-8-15-9-11(10)19-3/h6,8-9H,5,7H2,1-4H3,(H,16,17). The van der Waals surface area contributed by atoms with Gasteiger partial charge in [-0.3, -0.25) is 9.78 Å². The molecule has 0 aromatic carbocycles. The predicted molar refractivity (Wildman–Crippen MR) is 73.6 cm³/mol. The van der Waals surface area contributed by atoms with Gasteiger partial charge in [-0.05, 0) is 19.4 Å². The number of carbonyl (C=O) groups excluding carboxylic acids is 2. The second kappa shape index (κ2) is 6.88. The minimum atomic E-state index is -1.06. The van der Waals surface area contributed by atoms with Crippen LogP contribution in [0.3, 0.4) is 0 Å². The Morgan fingerprint density at radius 2 is 2.10 bits per heavy atom. The fourth-order valence-electron chi connectivity index (χ4n) is 1.99. The van der Waals surface area contributed by atoms with Crippen molar-refractivity contribution in [1.82, 2.24) is 10.3 Å². The van der Waals surface area contributed by atoms with Crippen LogP contribution in [0.1, 0.15) is 37.0 Å². The third-order valence-electron chi connectivity index (χ3n) is 3.02. The van der Waals surface area contributed by atoms with Crippen molar-refractivity contribution in [2.24, 2.45) is 0 Å². The predicted octanol–water partition coefficient (Wildman–Crippen LogP) is 1.55. The molecular weight excluding hydrogens is 260 g/mol. The number of aromatic nitrogens is 1. The van der Waals surface area contributed by atoms with E-state index >= 15 is 0 Å². The molecule has 6 nitrogen and oxygen atoms in total. The quantitative estimate of drug-likeness (QED) is 0.800. The van der Waals surface area contributed by atoms with Crippen LogP contribution >= 0.6 is 0 Å². The molecule has 0 aliphatic carbocycles. The van der Waals surface area contributed by atoms with Crippen molar-refractivity contribution in [3.05, 3.63) is 24.0 Å². The Morgan fingerprint density at radius 1 is 1.40 bits per heavy atom. The molecule has 6 heteroatoms. The summed E-state index contributed by atoms with van der Waals surface area (Å²) in [5, 5.41) is 2.71. The Hall–Kier alpha value is -2.11. The van der Waals surface area contributed by atoms with Crippen molar-refractivity contribution in [2.45, 2.75) is 32.2 Å². The van der Waals surface area contributed by atoms with Gasteiger partial charge in [0.1, 0.15) is 11.3 Å². The molecule has 1 heterocycles. The van der Waals surface area contributed by atoms with E-state index < -0.39 is 17.4 Å². The summed E-state index contributed by atoms with van der Waals surface area (Å²) in [4.78, 5) is 28.1. The van der Waals surface area contributed by atoms with Crippen LogP contribution in [0.5, 0.6) is 5.75 Å². The minimum Gasteiger partial charge on any atom is -0.494 e. The van der Waals surface area contributed by atoms with E-state index in [-0.39, 0.29) is 0 Å². The van der Waals surface area contributed by atoms with Gasteiger partial charge < -0.3 is 14.8 Å². The number of ether oxygens (including phenoxy) is 2. The van der Waals surface area contributed by atoms with Gasteiger partial charge in [0.05, 0.1) is 26.0 Å². The highest BCUT2D eigenvalue weighted by molar-refractivity contribution is 5.99. The number of pyridine rings is 1. The molecular formula is C14H20N2O4. The lowest BCUT2D eigenvalue weighted by Crippen LogP contribution is -2.52. The Bertz CT molecular complexity index is 490. The number of rotatable bonds is 6. The fraction of sp³-hybridized carbons (Fsp3) is 0.500. The van der Waals surface area contributed by atoms with Gasteiger partial charge >= 0.3 is 5.97 Å². The zero-order chi connectivity index (χ0) is 15.2. The zero-order valence-electron chi connectivity index (χ0n) is 12.2. The number of hydrogen-bond acceptors (Lipinski definition) is 5. The smallest absolute Gasteiger partial charge is 0.331 e. The van der Waals surface area contributed by atoms with E-state index in [0.717, 1.165) is 6.42 Å². The van der Waals surface area contributed by atoms with Gasteiger partial charge in [-0.1, -0.05) is 13.3 Å². The van der Waals surface area contributed by atoms with Crippen LogP contribution < -0.4 is 10.1 Å². The summed E-state index contributed by atoms with van der Waals surface area (Å²) in [6.07, 6.45) is 4.16. The van der Waals surface area contributed by atoms with Crippen LogP contribution in [0.2, 0.25) is 0 Å². The second-order valence-electron chi connectivity index (χ2n) is 4.60. The maximum Gasteiger partial charge on any atom is 0.331 e. The average molecular weight is 280 g/mol. The number of carbonyl (C=O) groups is 2. The number of nitrogens with one attached hydrogen (secondary N) is 1. The van der Waals surface area contributed by atoms with E-state index in [1.54, 1.807) is 6.92 Å². The van der Waals surface area contributed by atoms with Gasteiger partial charge in [-0.2, -0.15) is 0 Å². The first kappa shape index (κ1) is 15.9. The van der Waals surface area contributed by atoms with Crippen LogP contribution in [0.25, 0.3) is 0 Å². The molecule has 0 aliphatic rings. The SMILES string of the molecule is CCCC(C)(NC(=O)c1ccncc1OC)C(=O)OC. The summed E-state index contributed by atoms with van der Waals surface area (Å²) in [5.74, 6) is -0.514. The molecule has 1 unspecified atom stereocenters. The molecule has 0 aliphatic heterocycles. The summed E-state index contributed by atoms with van der Waals surface area (Å²) in [5.41, 5.74) is -0.733. The average Bonchev–Trinajstić information content (AvgIpc) is 2.46. The summed E-state index contributed by atoms with van der Waals surface area (Å²) in [6.45, 7) is 3.58. The highest BCUT2D eigenvalue weighted by Crippen LogP contribution is 2.19. The lowest BCUT2D eigenvalue weighted by molar-refractivity contribution is -0.147. The maximum atomic E-state index is 12.3. The molecule has 1 atom stereocenters. The molecule has 1 rings (SSSR count). The summed E-state index contributed by atoms with van der Waals surface area (Å²) < 4.78 is 9.85. The lowest BCUT2D eigenvalue weighted by atomic mass is 9.95. The number of hydrogen-bond donors (Lipinski definition) is 1. The van der Waals surface area contributed by atoms with Gasteiger partial charge in [-0.25, -0.2) is 4.79 Å². The fourth-order valence-corrected chi connectivity index (χ4v) is 1.99. The van der Waals surface area contributed by atoms with Crippen molar-refractivity contribution in [2.75, 3.05) is 14.2 Å². The van der Waals surface area contributed by atoms with Gasteiger partial charge in [0.15, 0.2) is 0 Å².